The first-order valence-corrected chi connectivity index (χ1v) is 18.0. The Hall–Kier alpha value is -1.91. The summed E-state index contributed by atoms with van der Waals surface area (Å²) in [6.07, 6.45) is 3.02. The highest BCUT2D eigenvalue weighted by Gasteiger charge is 2.32. The topological polar surface area (TPSA) is 83.2 Å². The lowest BCUT2D eigenvalue weighted by Gasteiger charge is -2.30. The third-order valence-electron chi connectivity index (χ3n) is 4.74. The van der Waals surface area contributed by atoms with E-state index in [4.69, 9.17) is 4.43 Å². The molecule has 2 aromatic rings. The maximum absolute atomic E-state index is 13.3. The van der Waals surface area contributed by atoms with Crippen LogP contribution in [0.25, 0.3) is 10.9 Å². The van der Waals surface area contributed by atoms with Gasteiger partial charge in [0.05, 0.1) is 6.04 Å². The standard InChI is InChI=1S/C23H39N3O3Si2/c1-16(2)13-20(26-30(3,4)5)22(27)25-21(23(28)29-31(6,7)8)14-17-15-24-19-12-10-9-11-18(17)19/h9-12,15-16,20-21,24,26H,13-14H2,1-8H3,(H,25,27). The lowest BCUT2D eigenvalue weighted by atomic mass is 10.0. The van der Waals surface area contributed by atoms with Crippen molar-refractivity contribution in [2.75, 3.05) is 0 Å². The molecule has 3 N–H and O–H groups in total. The van der Waals surface area contributed by atoms with E-state index in [-0.39, 0.29) is 17.9 Å². The number of amides is 1. The summed E-state index contributed by atoms with van der Waals surface area (Å²) in [7, 11) is -3.79. The minimum atomic E-state index is -2.10. The van der Waals surface area contributed by atoms with Crippen LogP contribution in [0.4, 0.5) is 0 Å². The lowest BCUT2D eigenvalue weighted by Crippen LogP contribution is -2.57. The summed E-state index contributed by atoms with van der Waals surface area (Å²) >= 11 is 0. The number of fused-ring (bicyclic) bond motifs is 1. The molecular formula is C23H39N3O3Si2. The third kappa shape index (κ3) is 8.27. The average Bonchev–Trinajstić information content (AvgIpc) is 3.00. The van der Waals surface area contributed by atoms with Gasteiger partial charge in [-0.2, -0.15) is 0 Å². The maximum Gasteiger partial charge on any atom is 0.315 e. The summed E-state index contributed by atoms with van der Waals surface area (Å²) in [5.74, 6) is -0.122. The zero-order valence-electron chi connectivity index (χ0n) is 20.3. The smallest absolute Gasteiger partial charge is 0.315 e. The summed E-state index contributed by atoms with van der Waals surface area (Å²) < 4.78 is 5.79. The van der Waals surface area contributed by atoms with Crippen LogP contribution in [-0.4, -0.2) is 45.5 Å². The van der Waals surface area contributed by atoms with E-state index >= 15 is 0 Å². The van der Waals surface area contributed by atoms with Crippen LogP contribution in [-0.2, 0) is 20.4 Å². The SMILES string of the molecule is CC(C)CC(N[Si](C)(C)C)C(=O)NC(Cc1c[nH]c2ccccc12)C(=O)O[Si](C)(C)C. The van der Waals surface area contributed by atoms with Crippen molar-refractivity contribution in [2.45, 2.75) is 78.1 Å². The van der Waals surface area contributed by atoms with Crippen molar-refractivity contribution >= 4 is 39.3 Å². The zero-order chi connectivity index (χ0) is 23.4. The molecule has 0 aliphatic rings. The van der Waals surface area contributed by atoms with Gasteiger partial charge in [-0.15, -0.1) is 0 Å². The minimum absolute atomic E-state index is 0.131. The van der Waals surface area contributed by atoms with E-state index in [1.807, 2.05) is 50.1 Å². The number of hydrogen-bond donors (Lipinski definition) is 3. The molecule has 1 heterocycles. The van der Waals surface area contributed by atoms with Crippen LogP contribution in [0, 0.1) is 5.92 Å². The molecule has 0 fully saturated rings. The highest BCUT2D eigenvalue weighted by Crippen LogP contribution is 2.20. The van der Waals surface area contributed by atoms with E-state index in [2.05, 4.69) is 48.8 Å². The fraction of sp³-hybridized carbons (Fsp3) is 0.565. The van der Waals surface area contributed by atoms with Gasteiger partial charge >= 0.3 is 5.97 Å². The van der Waals surface area contributed by atoms with Gasteiger partial charge in [0, 0.05) is 23.5 Å². The third-order valence-corrected chi connectivity index (χ3v) is 6.77. The van der Waals surface area contributed by atoms with Gasteiger partial charge in [-0.3, -0.25) is 9.59 Å². The van der Waals surface area contributed by atoms with Gasteiger partial charge < -0.3 is 19.7 Å². The number of hydrogen-bond acceptors (Lipinski definition) is 4. The van der Waals surface area contributed by atoms with Crippen LogP contribution in [0.2, 0.25) is 39.3 Å². The van der Waals surface area contributed by atoms with Gasteiger partial charge in [-0.25, -0.2) is 0 Å². The van der Waals surface area contributed by atoms with Crippen molar-refractivity contribution in [2.24, 2.45) is 5.92 Å². The number of rotatable bonds is 10. The van der Waals surface area contributed by atoms with Crippen molar-refractivity contribution in [1.82, 2.24) is 15.3 Å². The van der Waals surface area contributed by atoms with Crippen molar-refractivity contribution in [1.29, 1.82) is 0 Å². The summed E-state index contributed by atoms with van der Waals surface area (Å²) in [5, 5.41) is 4.08. The summed E-state index contributed by atoms with van der Waals surface area (Å²) in [6, 6.07) is 6.93. The Kier molecular flexibility index (Phi) is 8.30. The predicted octanol–water partition coefficient (Wildman–Crippen LogP) is 4.41. The van der Waals surface area contributed by atoms with Crippen LogP contribution >= 0.6 is 0 Å². The van der Waals surface area contributed by atoms with Crippen molar-refractivity contribution in [3.63, 3.8) is 0 Å². The molecule has 0 bridgehead atoms. The number of benzene rings is 1. The van der Waals surface area contributed by atoms with Gasteiger partial charge in [0.15, 0.2) is 0 Å². The Morgan fingerprint density at radius 3 is 2.26 bits per heavy atom. The van der Waals surface area contributed by atoms with Crippen molar-refractivity contribution < 1.29 is 14.0 Å². The highest BCUT2D eigenvalue weighted by molar-refractivity contribution is 6.73. The molecule has 2 rings (SSSR count). The van der Waals surface area contributed by atoms with Crippen LogP contribution in [0.15, 0.2) is 30.5 Å². The second kappa shape index (κ2) is 10.1. The highest BCUT2D eigenvalue weighted by atomic mass is 28.4. The molecule has 0 saturated heterocycles. The zero-order valence-corrected chi connectivity index (χ0v) is 22.3. The molecule has 1 aromatic heterocycles. The number of carbonyl (C=O) groups is 2. The molecule has 0 spiro atoms. The largest absolute Gasteiger partial charge is 0.518 e. The molecule has 31 heavy (non-hydrogen) atoms. The Morgan fingerprint density at radius 1 is 1.03 bits per heavy atom. The normalized spacial score (nSPS) is 14.5. The molecule has 2 atom stereocenters. The molecular weight excluding hydrogens is 422 g/mol. The maximum atomic E-state index is 13.3. The van der Waals surface area contributed by atoms with E-state index in [9.17, 15) is 9.59 Å². The lowest BCUT2D eigenvalue weighted by molar-refractivity contribution is -0.140. The van der Waals surface area contributed by atoms with E-state index in [0.29, 0.717) is 12.3 Å². The van der Waals surface area contributed by atoms with E-state index in [1.165, 1.54) is 0 Å². The Balaban J connectivity index is 2.28. The number of para-hydroxylation sites is 1. The second-order valence-corrected chi connectivity index (χ2v) is 20.0. The molecule has 0 aliphatic carbocycles. The summed E-state index contributed by atoms with van der Waals surface area (Å²) in [5.41, 5.74) is 2.01. The second-order valence-electron chi connectivity index (χ2n) is 10.7. The van der Waals surface area contributed by atoms with Gasteiger partial charge in [-0.05, 0) is 43.6 Å². The van der Waals surface area contributed by atoms with E-state index in [0.717, 1.165) is 22.9 Å². The predicted molar refractivity (Wildman–Crippen MR) is 133 cm³/mol. The summed E-state index contributed by atoms with van der Waals surface area (Å²) in [6.45, 7) is 16.7. The number of nitrogens with one attached hydrogen (secondary N) is 3. The number of H-pyrrole nitrogens is 1. The molecule has 172 valence electrons. The van der Waals surface area contributed by atoms with Crippen molar-refractivity contribution in [3.8, 4) is 0 Å². The molecule has 0 saturated carbocycles. The van der Waals surface area contributed by atoms with Gasteiger partial charge in [0.2, 0.25) is 14.2 Å². The first-order chi connectivity index (χ1) is 14.2. The van der Waals surface area contributed by atoms with E-state index in [1.54, 1.807) is 0 Å². The van der Waals surface area contributed by atoms with Crippen LogP contribution in [0.1, 0.15) is 25.8 Å². The van der Waals surface area contributed by atoms with E-state index < -0.39 is 22.6 Å². The molecule has 1 aromatic carbocycles. The monoisotopic (exact) mass is 461 g/mol. The molecule has 8 heteroatoms. The first kappa shape index (κ1) is 25.4. The van der Waals surface area contributed by atoms with Crippen LogP contribution < -0.4 is 10.3 Å². The molecule has 1 amide bonds. The Labute approximate surface area is 188 Å². The molecule has 0 radical (unpaired) electrons. The van der Waals surface area contributed by atoms with Gasteiger partial charge in [0.1, 0.15) is 14.3 Å². The molecule has 2 unspecified atom stereocenters. The molecule has 6 nitrogen and oxygen atoms in total. The number of aromatic nitrogens is 1. The fourth-order valence-corrected chi connectivity index (χ4v) is 5.62. The van der Waals surface area contributed by atoms with Gasteiger partial charge in [-0.1, -0.05) is 51.7 Å². The van der Waals surface area contributed by atoms with Crippen LogP contribution in [0.5, 0.6) is 0 Å². The summed E-state index contributed by atoms with van der Waals surface area (Å²) in [4.78, 5) is 33.1. The average molecular weight is 462 g/mol. The fourth-order valence-electron chi connectivity index (χ4n) is 3.58. The Bertz CT molecular complexity index is 897. The number of aromatic amines is 1. The quantitative estimate of drug-likeness (QED) is 0.458. The number of carbonyl (C=O) groups excluding carboxylic acids is 2. The van der Waals surface area contributed by atoms with Crippen molar-refractivity contribution in [3.05, 3.63) is 36.0 Å². The van der Waals surface area contributed by atoms with Gasteiger partial charge in [0.25, 0.3) is 0 Å². The minimum Gasteiger partial charge on any atom is -0.518 e. The first-order valence-electron chi connectivity index (χ1n) is 11.1. The molecule has 0 aliphatic heterocycles. The Morgan fingerprint density at radius 2 is 1.68 bits per heavy atom. The van der Waals surface area contributed by atoms with Crippen LogP contribution in [0.3, 0.4) is 0 Å².